The molecule has 0 radical (unpaired) electrons. The number of terminal acetylenes is 1. The molecule has 3 aromatic rings. The van der Waals surface area contributed by atoms with Gasteiger partial charge in [0.25, 0.3) is 0 Å². The summed E-state index contributed by atoms with van der Waals surface area (Å²) >= 11 is 11.1. The lowest BCUT2D eigenvalue weighted by Crippen LogP contribution is -1.96. The summed E-state index contributed by atoms with van der Waals surface area (Å²) in [5, 5.41) is 4.28. The number of rotatable bonds is 7. The number of benzene rings is 2. The van der Waals surface area contributed by atoms with Crippen LogP contribution in [-0.4, -0.2) is 16.4 Å². The van der Waals surface area contributed by atoms with E-state index in [4.69, 9.17) is 43.8 Å². The van der Waals surface area contributed by atoms with Crippen molar-refractivity contribution in [3.05, 3.63) is 70.4 Å². The smallest absolute Gasteiger partial charge is 0.233 e. The molecule has 0 amide bonds. The van der Waals surface area contributed by atoms with E-state index in [-0.39, 0.29) is 4.49 Å². The van der Waals surface area contributed by atoms with Gasteiger partial charge in [0.2, 0.25) is 5.88 Å². The van der Waals surface area contributed by atoms with Crippen LogP contribution in [0, 0.1) is 19.3 Å². The zero-order chi connectivity index (χ0) is 20.8. The van der Waals surface area contributed by atoms with Gasteiger partial charge in [-0.3, -0.25) is 0 Å². The fourth-order valence-electron chi connectivity index (χ4n) is 2.55. The number of nitrogens with zero attached hydrogens (tertiary/aromatic N) is 2. The molecular weight excluding hydrogens is 411 g/mol. The van der Waals surface area contributed by atoms with E-state index in [0.29, 0.717) is 41.0 Å². The van der Waals surface area contributed by atoms with Gasteiger partial charge in [-0.05, 0) is 61.5 Å². The fraction of sp³-hybridized carbons (Fsp3) is 0.136. The normalized spacial score (nSPS) is 10.2. The van der Waals surface area contributed by atoms with Crippen molar-refractivity contribution >= 4 is 23.2 Å². The first-order valence-electron chi connectivity index (χ1n) is 8.66. The highest BCUT2D eigenvalue weighted by atomic mass is 35.5. The topological polar surface area (TPSA) is 45.5 Å². The van der Waals surface area contributed by atoms with Gasteiger partial charge >= 0.3 is 0 Å². The lowest BCUT2D eigenvalue weighted by molar-refractivity contribution is 0.362. The molecule has 1 heterocycles. The van der Waals surface area contributed by atoms with Crippen LogP contribution in [0.1, 0.15) is 11.3 Å². The molecule has 7 heteroatoms. The predicted octanol–water partition coefficient (Wildman–Crippen LogP) is 5.99. The number of halogens is 2. The Morgan fingerprint density at radius 3 is 2.03 bits per heavy atom. The van der Waals surface area contributed by atoms with Crippen molar-refractivity contribution in [1.82, 2.24) is 9.78 Å². The fourth-order valence-corrected chi connectivity index (χ4v) is 2.67. The Hall–Kier alpha value is -3.07. The maximum Gasteiger partial charge on any atom is 0.233 e. The van der Waals surface area contributed by atoms with Gasteiger partial charge in [0.1, 0.15) is 39.7 Å². The standard InChI is InChI=1S/C22H18Cl2N2O3/c1-4-20-15(2)25-26(3)22(20)29-19-11-9-18(10-12-19)28-17-7-5-16(6-8-17)27-14-13-21(23)24/h1,5-13H,14H2,2-3H3. The highest BCUT2D eigenvalue weighted by molar-refractivity contribution is 6.55. The largest absolute Gasteiger partial charge is 0.489 e. The van der Waals surface area contributed by atoms with Gasteiger partial charge in [-0.15, -0.1) is 6.42 Å². The van der Waals surface area contributed by atoms with E-state index in [0.717, 1.165) is 5.69 Å². The highest BCUT2D eigenvalue weighted by Crippen LogP contribution is 2.29. The third-order valence-electron chi connectivity index (χ3n) is 3.90. The molecule has 0 aliphatic rings. The molecule has 0 aliphatic carbocycles. The summed E-state index contributed by atoms with van der Waals surface area (Å²) < 4.78 is 19.0. The summed E-state index contributed by atoms with van der Waals surface area (Å²) in [5.74, 6) is 5.80. The van der Waals surface area contributed by atoms with Gasteiger partial charge in [-0.1, -0.05) is 29.1 Å². The van der Waals surface area contributed by atoms with Crippen molar-refractivity contribution in [2.24, 2.45) is 7.05 Å². The molecule has 0 fully saturated rings. The van der Waals surface area contributed by atoms with Crippen LogP contribution in [0.3, 0.4) is 0 Å². The van der Waals surface area contributed by atoms with Crippen molar-refractivity contribution in [3.8, 4) is 41.2 Å². The molecule has 0 atom stereocenters. The van der Waals surface area contributed by atoms with E-state index >= 15 is 0 Å². The molecule has 2 aromatic carbocycles. The molecule has 0 N–H and O–H groups in total. The Bertz CT molecular complexity index is 1050. The summed E-state index contributed by atoms with van der Waals surface area (Å²) in [6.45, 7) is 2.14. The van der Waals surface area contributed by atoms with Gasteiger partial charge in [0.05, 0.1) is 5.69 Å². The van der Waals surface area contributed by atoms with Crippen LogP contribution < -0.4 is 14.2 Å². The van der Waals surface area contributed by atoms with E-state index in [1.54, 1.807) is 42.1 Å². The van der Waals surface area contributed by atoms with Gasteiger partial charge in [0.15, 0.2) is 0 Å². The Balaban J connectivity index is 1.62. The van der Waals surface area contributed by atoms with Crippen molar-refractivity contribution in [2.75, 3.05) is 6.61 Å². The van der Waals surface area contributed by atoms with E-state index in [1.165, 1.54) is 0 Å². The second kappa shape index (κ2) is 9.42. The van der Waals surface area contributed by atoms with E-state index in [9.17, 15) is 0 Å². The Morgan fingerprint density at radius 2 is 1.52 bits per heavy atom. The Kier molecular flexibility index (Phi) is 6.71. The highest BCUT2D eigenvalue weighted by Gasteiger charge is 2.13. The quantitative estimate of drug-likeness (QED) is 0.433. The van der Waals surface area contributed by atoms with Crippen LogP contribution in [0.4, 0.5) is 0 Å². The zero-order valence-electron chi connectivity index (χ0n) is 15.9. The maximum absolute atomic E-state index is 5.89. The van der Waals surface area contributed by atoms with Crippen LogP contribution in [0.25, 0.3) is 0 Å². The lowest BCUT2D eigenvalue weighted by atomic mass is 10.2. The average molecular weight is 429 g/mol. The van der Waals surface area contributed by atoms with Gasteiger partial charge in [-0.2, -0.15) is 5.10 Å². The van der Waals surface area contributed by atoms with Crippen LogP contribution in [0.15, 0.2) is 59.1 Å². The number of aromatic nitrogens is 2. The van der Waals surface area contributed by atoms with Crippen LogP contribution >= 0.6 is 23.2 Å². The molecule has 0 spiro atoms. The first-order chi connectivity index (χ1) is 14.0. The number of hydrogen-bond donors (Lipinski definition) is 0. The molecule has 29 heavy (non-hydrogen) atoms. The van der Waals surface area contributed by atoms with Crippen molar-refractivity contribution < 1.29 is 14.2 Å². The predicted molar refractivity (Wildman–Crippen MR) is 114 cm³/mol. The first kappa shape index (κ1) is 20.7. The number of aryl methyl sites for hydroxylation is 2. The zero-order valence-corrected chi connectivity index (χ0v) is 17.4. The van der Waals surface area contributed by atoms with Crippen LogP contribution in [-0.2, 0) is 7.05 Å². The molecule has 1 aromatic heterocycles. The van der Waals surface area contributed by atoms with Crippen LogP contribution in [0.5, 0.6) is 28.9 Å². The molecule has 0 aliphatic heterocycles. The van der Waals surface area contributed by atoms with E-state index in [2.05, 4.69) is 11.0 Å². The second-order valence-corrected chi connectivity index (χ2v) is 6.99. The minimum Gasteiger partial charge on any atom is -0.489 e. The SMILES string of the molecule is C#Cc1c(C)nn(C)c1Oc1ccc(Oc2ccc(OCC=C(Cl)Cl)cc2)cc1. The Morgan fingerprint density at radius 1 is 1.00 bits per heavy atom. The molecule has 3 rings (SSSR count). The molecule has 0 saturated carbocycles. The molecule has 0 unspecified atom stereocenters. The minimum absolute atomic E-state index is 0.173. The molecule has 5 nitrogen and oxygen atoms in total. The maximum atomic E-state index is 5.89. The third-order valence-corrected chi connectivity index (χ3v) is 4.21. The van der Waals surface area contributed by atoms with E-state index in [1.807, 2.05) is 31.2 Å². The Labute approximate surface area is 179 Å². The summed E-state index contributed by atoms with van der Waals surface area (Å²) in [7, 11) is 1.79. The number of hydrogen-bond acceptors (Lipinski definition) is 4. The van der Waals surface area contributed by atoms with Gasteiger partial charge < -0.3 is 14.2 Å². The van der Waals surface area contributed by atoms with Crippen molar-refractivity contribution in [1.29, 1.82) is 0 Å². The van der Waals surface area contributed by atoms with E-state index < -0.39 is 0 Å². The van der Waals surface area contributed by atoms with Crippen molar-refractivity contribution in [2.45, 2.75) is 6.92 Å². The first-order valence-corrected chi connectivity index (χ1v) is 9.42. The number of ether oxygens (including phenoxy) is 3. The summed E-state index contributed by atoms with van der Waals surface area (Å²) in [6, 6.07) is 14.4. The summed E-state index contributed by atoms with van der Waals surface area (Å²) in [4.78, 5) is 0. The third kappa shape index (κ3) is 5.47. The lowest BCUT2D eigenvalue weighted by Gasteiger charge is -2.09. The average Bonchev–Trinajstić information content (AvgIpc) is 2.97. The minimum atomic E-state index is 0.173. The van der Waals surface area contributed by atoms with Gasteiger partial charge in [0, 0.05) is 7.05 Å². The van der Waals surface area contributed by atoms with Crippen LogP contribution in [0.2, 0.25) is 0 Å². The monoisotopic (exact) mass is 428 g/mol. The molecule has 0 bridgehead atoms. The van der Waals surface area contributed by atoms with Crippen molar-refractivity contribution in [3.63, 3.8) is 0 Å². The summed E-state index contributed by atoms with van der Waals surface area (Å²) in [6.07, 6.45) is 7.12. The summed E-state index contributed by atoms with van der Waals surface area (Å²) in [5.41, 5.74) is 1.39. The molecular formula is C22H18Cl2N2O3. The molecule has 148 valence electrons. The second-order valence-electron chi connectivity index (χ2n) is 5.99. The molecule has 0 saturated heterocycles. The van der Waals surface area contributed by atoms with Gasteiger partial charge in [-0.25, -0.2) is 4.68 Å².